The van der Waals surface area contributed by atoms with Crippen LogP contribution >= 0.6 is 7.94 Å². The van der Waals surface area contributed by atoms with Crippen LogP contribution in [0.15, 0.2) is 30.3 Å². The van der Waals surface area contributed by atoms with Gasteiger partial charge >= 0.3 is 7.94 Å². The molecule has 0 fully saturated rings. The molecule has 3 N–H and O–H groups in total. The van der Waals surface area contributed by atoms with E-state index in [9.17, 15) is 14.9 Å². The Bertz CT molecular complexity index is 725. The van der Waals surface area contributed by atoms with Crippen molar-refractivity contribution in [1.29, 1.82) is 0 Å². The van der Waals surface area contributed by atoms with E-state index in [1.807, 2.05) is 18.2 Å². The van der Waals surface area contributed by atoms with Crippen molar-refractivity contribution >= 4 is 7.94 Å². The molecule has 0 aliphatic heterocycles. The molecule has 2 aromatic rings. The first-order valence-corrected chi connectivity index (χ1v) is 10.5. The average Bonchev–Trinajstić information content (AvgIpc) is 2.49. The summed E-state index contributed by atoms with van der Waals surface area (Å²) in [6.07, 6.45) is 0.795. The van der Waals surface area contributed by atoms with Crippen LogP contribution in [0.25, 0.3) is 0 Å². The van der Waals surface area contributed by atoms with Gasteiger partial charge in [-0.15, -0.1) is 0 Å². The number of benzene rings is 2. The summed E-state index contributed by atoms with van der Waals surface area (Å²) >= 11 is 0. The molecule has 4 nitrogen and oxygen atoms in total. The van der Waals surface area contributed by atoms with Crippen LogP contribution < -0.4 is 0 Å². The van der Waals surface area contributed by atoms with Crippen molar-refractivity contribution in [1.82, 2.24) is 0 Å². The van der Waals surface area contributed by atoms with Gasteiger partial charge in [-0.1, -0.05) is 38.1 Å². The quantitative estimate of drug-likeness (QED) is 0.655. The van der Waals surface area contributed by atoms with Gasteiger partial charge in [0.2, 0.25) is 0 Å². The Kier molecular flexibility index (Phi) is 6.23. The summed E-state index contributed by atoms with van der Waals surface area (Å²) in [4.78, 5) is 18.8. The van der Waals surface area contributed by atoms with E-state index >= 15 is 0 Å². The average molecular weight is 363 g/mol. The van der Waals surface area contributed by atoms with Crippen molar-refractivity contribution in [3.63, 3.8) is 0 Å². The number of phenols is 1. The minimum absolute atomic E-state index is 0.190. The lowest BCUT2D eigenvalue weighted by Crippen LogP contribution is -2.01. The number of hydrogen-bond donors (Lipinski definition) is 3. The molecule has 0 radical (unpaired) electrons. The van der Waals surface area contributed by atoms with Crippen molar-refractivity contribution in [2.24, 2.45) is 0 Å². The van der Waals surface area contributed by atoms with Crippen LogP contribution in [-0.4, -0.2) is 21.6 Å². The van der Waals surface area contributed by atoms with Crippen LogP contribution in [0.3, 0.4) is 0 Å². The van der Waals surface area contributed by atoms with Crippen LogP contribution in [-0.2, 0) is 17.6 Å². The van der Waals surface area contributed by atoms with E-state index in [-0.39, 0.29) is 12.5 Å². The molecule has 5 heteroatoms. The fraction of sp³-hybridized carbons (Fsp3) is 0.400. The second-order valence-electron chi connectivity index (χ2n) is 7.04. The van der Waals surface area contributed by atoms with Gasteiger partial charge < -0.3 is 5.11 Å². The Morgan fingerprint density at radius 1 is 1.00 bits per heavy atom. The Labute approximate surface area is 150 Å². The second kappa shape index (κ2) is 7.84. The predicted molar refractivity (Wildman–Crippen MR) is 103 cm³/mol. The molecule has 0 aliphatic rings. The molecule has 0 atom stereocenters. The normalized spacial score (nSPS) is 12.0. The zero-order valence-corrected chi connectivity index (χ0v) is 16.5. The minimum atomic E-state index is -3.22. The summed E-state index contributed by atoms with van der Waals surface area (Å²) in [5, 5.41) is 9.99. The first kappa shape index (κ1) is 19.9. The van der Waals surface area contributed by atoms with Gasteiger partial charge in [-0.2, -0.15) is 14.3 Å². The Morgan fingerprint density at radius 2 is 1.60 bits per heavy atom. The van der Waals surface area contributed by atoms with Gasteiger partial charge in [0.15, 0.2) is 0 Å². The SMILES string of the molecule is Cc1cc(CO[P+](C)(O)O)cc(C)c1Cc1ccc(O)c(C(C)C)c1. The number of aryl methyl sites for hydroxylation is 2. The lowest BCUT2D eigenvalue weighted by Gasteiger charge is -2.15. The maximum absolute atomic E-state index is 9.99. The van der Waals surface area contributed by atoms with Crippen LogP contribution in [0.1, 0.15) is 53.1 Å². The van der Waals surface area contributed by atoms with E-state index in [4.69, 9.17) is 4.52 Å². The van der Waals surface area contributed by atoms with Crippen molar-refractivity contribution in [3.05, 3.63) is 63.7 Å². The molecule has 0 aliphatic carbocycles. The van der Waals surface area contributed by atoms with E-state index in [1.165, 1.54) is 17.8 Å². The minimum Gasteiger partial charge on any atom is -0.508 e. The van der Waals surface area contributed by atoms with Gasteiger partial charge in [-0.05, 0) is 65.6 Å². The molecule has 136 valence electrons. The molecule has 0 saturated carbocycles. The molecular weight excluding hydrogens is 335 g/mol. The number of hydrogen-bond acceptors (Lipinski definition) is 4. The first-order chi connectivity index (χ1) is 11.6. The molecule has 0 bridgehead atoms. The molecule has 0 aromatic heterocycles. The molecule has 0 heterocycles. The van der Waals surface area contributed by atoms with Gasteiger partial charge in [0, 0.05) is 0 Å². The third-order valence-corrected chi connectivity index (χ3v) is 4.94. The Balaban J connectivity index is 2.24. The zero-order valence-electron chi connectivity index (χ0n) is 15.6. The van der Waals surface area contributed by atoms with Gasteiger partial charge in [0.1, 0.15) is 19.0 Å². The lowest BCUT2D eigenvalue weighted by atomic mass is 9.92. The van der Waals surface area contributed by atoms with Crippen molar-refractivity contribution in [2.75, 3.05) is 6.66 Å². The van der Waals surface area contributed by atoms with E-state index in [0.29, 0.717) is 5.75 Å². The summed E-state index contributed by atoms with van der Waals surface area (Å²) in [7, 11) is -3.22. The maximum atomic E-state index is 9.99. The highest BCUT2D eigenvalue weighted by Gasteiger charge is 2.27. The molecule has 0 spiro atoms. The highest BCUT2D eigenvalue weighted by atomic mass is 31.2. The number of phenolic OH excluding ortho intramolecular Hbond substituents is 1. The largest absolute Gasteiger partial charge is 0.508 e. The van der Waals surface area contributed by atoms with Crippen molar-refractivity contribution < 1.29 is 19.4 Å². The monoisotopic (exact) mass is 363 g/mol. The molecule has 0 unspecified atom stereocenters. The van der Waals surface area contributed by atoms with E-state index in [2.05, 4.69) is 33.8 Å². The fourth-order valence-electron chi connectivity index (χ4n) is 3.02. The van der Waals surface area contributed by atoms with E-state index in [1.54, 1.807) is 6.07 Å². The number of aromatic hydroxyl groups is 1. The lowest BCUT2D eigenvalue weighted by molar-refractivity contribution is 0.225. The van der Waals surface area contributed by atoms with Gasteiger partial charge in [-0.25, -0.2) is 0 Å². The van der Waals surface area contributed by atoms with Gasteiger partial charge in [0.25, 0.3) is 0 Å². The highest BCUT2D eigenvalue weighted by molar-refractivity contribution is 7.58. The molecular formula is C20H28O4P+. The van der Waals surface area contributed by atoms with Crippen molar-refractivity contribution in [3.8, 4) is 5.75 Å². The first-order valence-electron chi connectivity index (χ1n) is 8.44. The fourth-order valence-corrected chi connectivity index (χ4v) is 3.42. The molecule has 0 amide bonds. The van der Waals surface area contributed by atoms with E-state index < -0.39 is 7.94 Å². The molecule has 2 rings (SSSR count). The summed E-state index contributed by atoms with van der Waals surface area (Å²) in [6, 6.07) is 9.86. The van der Waals surface area contributed by atoms with Crippen molar-refractivity contribution in [2.45, 2.75) is 46.6 Å². The van der Waals surface area contributed by atoms with Crippen LogP contribution in [0, 0.1) is 13.8 Å². The molecule has 25 heavy (non-hydrogen) atoms. The Morgan fingerprint density at radius 3 is 2.12 bits per heavy atom. The summed E-state index contributed by atoms with van der Waals surface area (Å²) < 4.78 is 5.13. The molecule has 0 saturated heterocycles. The standard InChI is InChI=1S/C20H27O4P/c1-13(2)18-10-16(6-7-20(18)21)11-19-14(3)8-17(9-15(19)4)12-24-25(5,22)23/h6-10,13,22-23H,11-12H2,1-5H3/p+1. The van der Waals surface area contributed by atoms with Gasteiger partial charge in [-0.3, -0.25) is 0 Å². The zero-order chi connectivity index (χ0) is 18.8. The molecule has 2 aromatic carbocycles. The predicted octanol–water partition coefficient (Wildman–Crippen LogP) is 4.62. The van der Waals surface area contributed by atoms with Crippen LogP contribution in [0.4, 0.5) is 0 Å². The second-order valence-corrected chi connectivity index (χ2v) is 8.97. The topological polar surface area (TPSA) is 69.9 Å². The van der Waals surface area contributed by atoms with Crippen LogP contribution in [0.2, 0.25) is 0 Å². The third kappa shape index (κ3) is 5.52. The summed E-state index contributed by atoms with van der Waals surface area (Å²) in [5.41, 5.74) is 6.60. The third-order valence-electron chi connectivity index (χ3n) is 4.33. The number of rotatable bonds is 6. The highest BCUT2D eigenvalue weighted by Crippen LogP contribution is 2.47. The smallest absolute Gasteiger partial charge is 0.403 e. The van der Waals surface area contributed by atoms with Gasteiger partial charge in [0.05, 0.1) is 0 Å². The van der Waals surface area contributed by atoms with E-state index in [0.717, 1.165) is 28.7 Å². The van der Waals surface area contributed by atoms with Crippen LogP contribution in [0.5, 0.6) is 5.75 Å². The Hall–Kier alpha value is -1.45. The summed E-state index contributed by atoms with van der Waals surface area (Å²) in [5.74, 6) is 0.621. The maximum Gasteiger partial charge on any atom is 0.403 e. The summed E-state index contributed by atoms with van der Waals surface area (Å²) in [6.45, 7) is 9.75.